The number of carbonyl (C=O) groups is 2. The van der Waals surface area contributed by atoms with Gasteiger partial charge in [-0.3, -0.25) is 9.59 Å². The zero-order valence-corrected chi connectivity index (χ0v) is 16.2. The third kappa shape index (κ3) is 4.85. The highest BCUT2D eigenvalue weighted by Gasteiger charge is 2.13. The highest BCUT2D eigenvalue weighted by molar-refractivity contribution is 7.17. The van der Waals surface area contributed by atoms with Crippen molar-refractivity contribution in [3.05, 3.63) is 46.8 Å². The Balaban J connectivity index is 1.55. The van der Waals surface area contributed by atoms with Crippen LogP contribution in [0.25, 0.3) is 11.4 Å². The molecule has 140 valence electrons. The predicted molar refractivity (Wildman–Crippen MR) is 103 cm³/mol. The van der Waals surface area contributed by atoms with E-state index < -0.39 is 0 Å². The number of ketones is 1. The molecule has 8 heteroatoms. The van der Waals surface area contributed by atoms with Gasteiger partial charge in [-0.2, -0.15) is 4.98 Å². The molecular formula is C19H20N4O3S. The van der Waals surface area contributed by atoms with Crippen molar-refractivity contribution in [2.45, 2.75) is 39.5 Å². The van der Waals surface area contributed by atoms with Crippen molar-refractivity contribution in [1.29, 1.82) is 0 Å². The number of hydrogen-bond donors (Lipinski definition) is 1. The summed E-state index contributed by atoms with van der Waals surface area (Å²) in [6.45, 7) is 5.74. The van der Waals surface area contributed by atoms with Crippen LogP contribution in [-0.2, 0) is 11.2 Å². The maximum atomic E-state index is 12.0. The number of hydrogen-bond acceptors (Lipinski definition) is 7. The molecule has 0 aliphatic heterocycles. The van der Waals surface area contributed by atoms with E-state index in [0.717, 1.165) is 16.9 Å². The van der Waals surface area contributed by atoms with Crippen molar-refractivity contribution in [1.82, 2.24) is 15.1 Å². The minimum atomic E-state index is -0.222. The van der Waals surface area contributed by atoms with Gasteiger partial charge in [0.2, 0.25) is 17.6 Å². The molecule has 0 spiro atoms. The fourth-order valence-electron chi connectivity index (χ4n) is 2.39. The molecule has 0 atom stereocenters. The van der Waals surface area contributed by atoms with Gasteiger partial charge in [0.05, 0.1) is 11.1 Å². The molecule has 0 fully saturated rings. The van der Waals surface area contributed by atoms with Crippen molar-refractivity contribution in [3.63, 3.8) is 0 Å². The quantitative estimate of drug-likeness (QED) is 0.616. The maximum Gasteiger partial charge on any atom is 0.227 e. The molecule has 1 aromatic carbocycles. The van der Waals surface area contributed by atoms with Crippen LogP contribution in [-0.4, -0.2) is 26.8 Å². The number of benzene rings is 1. The van der Waals surface area contributed by atoms with Crippen LogP contribution < -0.4 is 5.32 Å². The predicted octanol–water partition coefficient (Wildman–Crippen LogP) is 4.09. The van der Waals surface area contributed by atoms with Crippen molar-refractivity contribution >= 4 is 28.2 Å². The van der Waals surface area contributed by atoms with Crippen molar-refractivity contribution in [2.75, 3.05) is 5.32 Å². The second-order valence-corrected chi connectivity index (χ2v) is 7.45. The lowest BCUT2D eigenvalue weighted by molar-refractivity contribution is -0.116. The van der Waals surface area contributed by atoms with Crippen LogP contribution >= 0.6 is 11.3 Å². The minimum absolute atomic E-state index is 0.0761. The lowest BCUT2D eigenvalue weighted by Crippen LogP contribution is -2.12. The van der Waals surface area contributed by atoms with E-state index in [-0.39, 0.29) is 18.1 Å². The Morgan fingerprint density at radius 3 is 2.59 bits per heavy atom. The standard InChI is InChI=1S/C19H20N4O3S/c1-11(2)13-4-6-14(7-5-13)18-22-17(26-23-18)9-8-16(25)21-19-20-10-15(27-19)12(3)24/h4-7,10-11H,8-9H2,1-3H3,(H,20,21,25). The zero-order valence-electron chi connectivity index (χ0n) is 15.4. The third-order valence-corrected chi connectivity index (χ3v) is 4.98. The summed E-state index contributed by atoms with van der Waals surface area (Å²) in [5.41, 5.74) is 2.12. The molecule has 0 unspecified atom stereocenters. The van der Waals surface area contributed by atoms with E-state index in [1.807, 2.05) is 24.3 Å². The van der Waals surface area contributed by atoms with Gasteiger partial charge in [-0.1, -0.05) is 54.6 Å². The maximum absolute atomic E-state index is 12.0. The molecule has 7 nitrogen and oxygen atoms in total. The summed E-state index contributed by atoms with van der Waals surface area (Å²) in [6.07, 6.45) is 1.97. The number of aryl methyl sites for hydroxylation is 1. The molecule has 0 saturated heterocycles. The fourth-order valence-corrected chi connectivity index (χ4v) is 3.12. The molecular weight excluding hydrogens is 364 g/mol. The van der Waals surface area contributed by atoms with Gasteiger partial charge in [0.25, 0.3) is 0 Å². The summed E-state index contributed by atoms with van der Waals surface area (Å²) >= 11 is 1.15. The molecule has 27 heavy (non-hydrogen) atoms. The molecule has 0 radical (unpaired) electrons. The van der Waals surface area contributed by atoms with Gasteiger partial charge in [-0.25, -0.2) is 4.98 Å². The number of nitrogens with one attached hydrogen (secondary N) is 1. The first-order valence-electron chi connectivity index (χ1n) is 8.62. The summed E-state index contributed by atoms with van der Waals surface area (Å²) in [5, 5.41) is 7.05. The number of nitrogens with zero attached hydrogens (tertiary/aromatic N) is 3. The number of Topliss-reactive ketones (excluding diaryl/α,β-unsaturated/α-hetero) is 1. The molecule has 0 aliphatic rings. The van der Waals surface area contributed by atoms with Gasteiger partial charge >= 0.3 is 0 Å². The summed E-state index contributed by atoms with van der Waals surface area (Å²) in [6, 6.07) is 8.02. The molecule has 2 heterocycles. The monoisotopic (exact) mass is 384 g/mol. The number of thiazole rings is 1. The highest BCUT2D eigenvalue weighted by atomic mass is 32.1. The van der Waals surface area contributed by atoms with Crippen LogP contribution in [0.5, 0.6) is 0 Å². The second-order valence-electron chi connectivity index (χ2n) is 6.42. The van der Waals surface area contributed by atoms with E-state index in [0.29, 0.717) is 34.1 Å². The molecule has 3 rings (SSSR count). The van der Waals surface area contributed by atoms with Gasteiger partial charge in [-0.15, -0.1) is 0 Å². The first-order chi connectivity index (χ1) is 12.9. The summed E-state index contributed by atoms with van der Waals surface area (Å²) in [4.78, 5) is 32.1. The molecule has 3 aromatic rings. The van der Waals surface area contributed by atoms with E-state index in [1.54, 1.807) is 0 Å². The molecule has 0 bridgehead atoms. The van der Waals surface area contributed by atoms with Crippen LogP contribution in [0.15, 0.2) is 35.0 Å². The van der Waals surface area contributed by atoms with Crippen LogP contribution in [0.4, 0.5) is 5.13 Å². The van der Waals surface area contributed by atoms with E-state index in [9.17, 15) is 9.59 Å². The van der Waals surface area contributed by atoms with Crippen LogP contribution in [0, 0.1) is 0 Å². The van der Waals surface area contributed by atoms with Gasteiger partial charge in [0.1, 0.15) is 0 Å². The largest absolute Gasteiger partial charge is 0.339 e. The van der Waals surface area contributed by atoms with Gasteiger partial charge in [0.15, 0.2) is 10.9 Å². The molecule has 1 amide bonds. The second kappa shape index (κ2) is 8.22. The topological polar surface area (TPSA) is 98.0 Å². The Labute approximate surface area is 160 Å². The van der Waals surface area contributed by atoms with E-state index in [1.165, 1.54) is 18.7 Å². The molecule has 0 saturated carbocycles. The zero-order chi connectivity index (χ0) is 19.4. The van der Waals surface area contributed by atoms with E-state index >= 15 is 0 Å². The number of amides is 1. The Morgan fingerprint density at radius 2 is 1.96 bits per heavy atom. The minimum Gasteiger partial charge on any atom is -0.339 e. The van der Waals surface area contributed by atoms with Crippen LogP contribution in [0.2, 0.25) is 0 Å². The molecule has 1 N–H and O–H groups in total. The average Bonchev–Trinajstić information content (AvgIpc) is 3.29. The lowest BCUT2D eigenvalue weighted by atomic mass is 10.0. The molecule has 2 aromatic heterocycles. The normalized spacial score (nSPS) is 11.0. The van der Waals surface area contributed by atoms with Crippen LogP contribution in [0.3, 0.4) is 0 Å². The van der Waals surface area contributed by atoms with Gasteiger partial charge in [-0.05, 0) is 11.5 Å². The van der Waals surface area contributed by atoms with Gasteiger partial charge in [0, 0.05) is 25.3 Å². The van der Waals surface area contributed by atoms with E-state index in [2.05, 4.69) is 34.3 Å². The summed E-state index contributed by atoms with van der Waals surface area (Å²) in [5.74, 6) is 1.07. The lowest BCUT2D eigenvalue weighted by Gasteiger charge is -2.04. The smallest absolute Gasteiger partial charge is 0.227 e. The SMILES string of the molecule is CC(=O)c1cnc(NC(=O)CCc2nc(-c3ccc(C(C)C)cc3)no2)s1. The van der Waals surface area contributed by atoms with Crippen molar-refractivity contribution in [3.8, 4) is 11.4 Å². The first-order valence-corrected chi connectivity index (χ1v) is 9.43. The molecule has 0 aliphatic carbocycles. The third-order valence-electron chi connectivity index (χ3n) is 3.97. The Morgan fingerprint density at radius 1 is 1.22 bits per heavy atom. The Kier molecular flexibility index (Phi) is 5.75. The van der Waals surface area contributed by atoms with Crippen molar-refractivity contribution < 1.29 is 14.1 Å². The average molecular weight is 384 g/mol. The highest BCUT2D eigenvalue weighted by Crippen LogP contribution is 2.21. The van der Waals surface area contributed by atoms with Gasteiger partial charge < -0.3 is 9.84 Å². The fraction of sp³-hybridized carbons (Fsp3) is 0.316. The van der Waals surface area contributed by atoms with E-state index in [4.69, 9.17) is 4.52 Å². The summed E-state index contributed by atoms with van der Waals surface area (Å²) < 4.78 is 5.23. The Bertz CT molecular complexity index is 944. The number of carbonyl (C=O) groups excluding carboxylic acids is 2. The number of anilines is 1. The Hall–Kier alpha value is -2.87. The van der Waals surface area contributed by atoms with Crippen molar-refractivity contribution in [2.24, 2.45) is 0 Å². The number of rotatable bonds is 7. The summed E-state index contributed by atoms with van der Waals surface area (Å²) in [7, 11) is 0. The van der Waals surface area contributed by atoms with Crippen LogP contribution in [0.1, 0.15) is 54.2 Å². The first kappa shape index (κ1) is 18.9. The number of aromatic nitrogens is 3.